The Morgan fingerprint density at radius 2 is 2.36 bits per heavy atom. The first-order chi connectivity index (χ1) is 6.69. The number of hydrogen-bond donors (Lipinski definition) is 1. The van der Waals surface area contributed by atoms with Crippen LogP contribution in [-0.2, 0) is 0 Å². The number of allylic oxidation sites excluding steroid dienone is 1. The first-order valence-corrected chi connectivity index (χ1v) is 5.51. The van der Waals surface area contributed by atoms with E-state index in [1.165, 1.54) is 5.56 Å². The smallest absolute Gasteiger partial charge is 0.0969 e. The minimum absolute atomic E-state index is 0.646. The highest BCUT2D eigenvalue weighted by Crippen LogP contribution is 2.23. The molecule has 1 heterocycles. The van der Waals surface area contributed by atoms with Crippen LogP contribution in [-0.4, -0.2) is 0 Å². The Labute approximate surface area is 88.7 Å². The summed E-state index contributed by atoms with van der Waals surface area (Å²) in [4.78, 5) is 1.01. The van der Waals surface area contributed by atoms with Gasteiger partial charge in [0.05, 0.1) is 22.2 Å². The van der Waals surface area contributed by atoms with E-state index < -0.39 is 0 Å². The van der Waals surface area contributed by atoms with Gasteiger partial charge in [0.2, 0.25) is 0 Å². The molecule has 2 nitrogen and oxygen atoms in total. The quantitative estimate of drug-likeness (QED) is 0.773. The van der Waals surface area contributed by atoms with Crippen LogP contribution in [0.25, 0.3) is 5.70 Å². The lowest BCUT2D eigenvalue weighted by Crippen LogP contribution is -1.98. The number of nitrogens with zero attached hydrogens (tertiary/aromatic N) is 1. The van der Waals surface area contributed by atoms with Crippen molar-refractivity contribution in [2.24, 2.45) is 5.73 Å². The number of rotatable bonds is 3. The zero-order chi connectivity index (χ0) is 10.6. The minimum atomic E-state index is 0.646. The van der Waals surface area contributed by atoms with Gasteiger partial charge in [-0.15, -0.1) is 11.3 Å². The molecule has 1 aromatic heterocycles. The topological polar surface area (TPSA) is 49.8 Å². The van der Waals surface area contributed by atoms with Crippen molar-refractivity contribution in [3.05, 3.63) is 27.5 Å². The first kappa shape index (κ1) is 10.8. The van der Waals surface area contributed by atoms with Crippen LogP contribution in [0, 0.1) is 18.3 Å². The van der Waals surface area contributed by atoms with Crippen molar-refractivity contribution in [2.75, 3.05) is 0 Å². The molecule has 0 amide bonds. The lowest BCUT2D eigenvalue weighted by atomic mass is 10.1. The molecule has 0 unspecified atom stereocenters. The maximum absolute atomic E-state index is 8.91. The molecule has 1 rings (SSSR count). The molecule has 0 spiro atoms. The van der Waals surface area contributed by atoms with Gasteiger partial charge in [0.1, 0.15) is 0 Å². The third-order valence-electron chi connectivity index (χ3n) is 1.96. The normalized spacial score (nSPS) is 12.1. The molecule has 2 N–H and O–H groups in total. The second kappa shape index (κ2) is 4.83. The van der Waals surface area contributed by atoms with E-state index in [1.807, 2.05) is 25.3 Å². The average molecular weight is 206 g/mol. The molecule has 0 aliphatic carbocycles. The van der Waals surface area contributed by atoms with E-state index in [4.69, 9.17) is 11.0 Å². The summed E-state index contributed by atoms with van der Waals surface area (Å²) in [6.45, 7) is 4.07. The van der Waals surface area contributed by atoms with Crippen LogP contribution in [0.3, 0.4) is 0 Å². The van der Waals surface area contributed by atoms with Gasteiger partial charge in [-0.05, 0) is 30.4 Å². The highest BCUT2D eigenvalue weighted by Gasteiger charge is 2.06. The lowest BCUT2D eigenvalue weighted by molar-refractivity contribution is 0.929. The second-order valence-corrected chi connectivity index (χ2v) is 4.15. The van der Waals surface area contributed by atoms with Gasteiger partial charge in [0.25, 0.3) is 0 Å². The van der Waals surface area contributed by atoms with Crippen LogP contribution in [0.5, 0.6) is 0 Å². The Kier molecular flexibility index (Phi) is 3.73. The lowest BCUT2D eigenvalue weighted by Gasteiger charge is -2.01. The highest BCUT2D eigenvalue weighted by atomic mass is 32.1. The molecule has 0 saturated carbocycles. The van der Waals surface area contributed by atoms with Crippen LogP contribution >= 0.6 is 11.3 Å². The third kappa shape index (κ3) is 2.36. The second-order valence-electron chi connectivity index (χ2n) is 3.24. The number of thiophene rings is 1. The molecule has 74 valence electrons. The summed E-state index contributed by atoms with van der Waals surface area (Å²) in [5.41, 5.74) is 8.46. The molecule has 0 radical (unpaired) electrons. The van der Waals surface area contributed by atoms with Crippen molar-refractivity contribution in [1.82, 2.24) is 0 Å². The predicted molar refractivity (Wildman–Crippen MR) is 60.7 cm³/mol. The molecule has 0 aliphatic rings. The average Bonchev–Trinajstić information content (AvgIpc) is 2.60. The summed E-state index contributed by atoms with van der Waals surface area (Å²) in [7, 11) is 0. The molecule has 0 fully saturated rings. The van der Waals surface area contributed by atoms with Crippen LogP contribution < -0.4 is 5.73 Å². The molecule has 3 heteroatoms. The Hall–Kier alpha value is -1.27. The van der Waals surface area contributed by atoms with E-state index in [0.717, 1.165) is 17.7 Å². The van der Waals surface area contributed by atoms with Crippen molar-refractivity contribution >= 4 is 17.0 Å². The Morgan fingerprint density at radius 1 is 1.64 bits per heavy atom. The third-order valence-corrected chi connectivity index (χ3v) is 3.04. The van der Waals surface area contributed by atoms with Crippen molar-refractivity contribution < 1.29 is 0 Å². The fourth-order valence-electron chi connectivity index (χ4n) is 1.22. The van der Waals surface area contributed by atoms with Gasteiger partial charge < -0.3 is 5.73 Å². The van der Waals surface area contributed by atoms with E-state index in [9.17, 15) is 0 Å². The van der Waals surface area contributed by atoms with E-state index in [2.05, 4.69) is 6.07 Å². The number of nitriles is 1. The van der Waals surface area contributed by atoms with Gasteiger partial charge in [-0.1, -0.05) is 13.3 Å². The van der Waals surface area contributed by atoms with Gasteiger partial charge in [-0.3, -0.25) is 0 Å². The number of aryl methyl sites for hydroxylation is 1. The summed E-state index contributed by atoms with van der Waals surface area (Å²) >= 11 is 1.59. The molecule has 14 heavy (non-hydrogen) atoms. The molecule has 1 aromatic rings. The van der Waals surface area contributed by atoms with Gasteiger partial charge >= 0.3 is 0 Å². The molecular formula is C11H14N2S. The minimum Gasteiger partial charge on any atom is -0.397 e. The summed E-state index contributed by atoms with van der Waals surface area (Å²) in [5, 5.41) is 11.0. The predicted octanol–water partition coefficient (Wildman–Crippen LogP) is 3.05. The van der Waals surface area contributed by atoms with Gasteiger partial charge in [0, 0.05) is 0 Å². The van der Waals surface area contributed by atoms with E-state index >= 15 is 0 Å². The number of nitrogens with two attached hydrogens (primary N) is 1. The monoisotopic (exact) mass is 206 g/mol. The van der Waals surface area contributed by atoms with Crippen LogP contribution in [0.2, 0.25) is 0 Å². The summed E-state index contributed by atoms with van der Waals surface area (Å²) in [6, 6.07) is 4.19. The highest BCUT2D eigenvalue weighted by molar-refractivity contribution is 7.11. The largest absolute Gasteiger partial charge is 0.397 e. The fraction of sp³-hybridized carbons (Fsp3) is 0.364. The van der Waals surface area contributed by atoms with Crippen LogP contribution in [0.4, 0.5) is 0 Å². The van der Waals surface area contributed by atoms with E-state index in [0.29, 0.717) is 11.3 Å². The maximum Gasteiger partial charge on any atom is 0.0969 e. The zero-order valence-electron chi connectivity index (χ0n) is 8.50. The van der Waals surface area contributed by atoms with Crippen molar-refractivity contribution in [3.8, 4) is 6.07 Å². The Balaban J connectivity index is 3.02. The zero-order valence-corrected chi connectivity index (χ0v) is 9.32. The van der Waals surface area contributed by atoms with E-state index in [1.54, 1.807) is 11.3 Å². The standard InChI is InChI=1S/C11H14N2S/c1-3-4-9(6-12)11(13)10-5-8(2)7-14-10/h5,7H,3-4,13H2,1-2H3/b11-9+. The fourth-order valence-corrected chi connectivity index (χ4v) is 2.11. The maximum atomic E-state index is 8.91. The summed E-state index contributed by atoms with van der Waals surface area (Å²) < 4.78 is 0. The number of hydrogen-bond acceptors (Lipinski definition) is 3. The van der Waals surface area contributed by atoms with Crippen molar-refractivity contribution in [3.63, 3.8) is 0 Å². The van der Waals surface area contributed by atoms with Crippen LogP contribution in [0.15, 0.2) is 17.0 Å². The van der Waals surface area contributed by atoms with Gasteiger partial charge in [-0.25, -0.2) is 0 Å². The van der Waals surface area contributed by atoms with Crippen molar-refractivity contribution in [2.45, 2.75) is 26.7 Å². The van der Waals surface area contributed by atoms with Crippen LogP contribution in [0.1, 0.15) is 30.2 Å². The molecule has 0 aliphatic heterocycles. The molecular weight excluding hydrogens is 192 g/mol. The molecule has 0 atom stereocenters. The summed E-state index contributed by atoms with van der Waals surface area (Å²) in [6.07, 6.45) is 1.72. The first-order valence-electron chi connectivity index (χ1n) is 4.63. The SMILES string of the molecule is CCC/C(C#N)=C(\N)c1cc(C)cs1. The molecule has 0 saturated heterocycles. The van der Waals surface area contributed by atoms with Crippen molar-refractivity contribution in [1.29, 1.82) is 5.26 Å². The summed E-state index contributed by atoms with van der Waals surface area (Å²) in [5.74, 6) is 0. The Bertz CT molecular complexity index is 382. The van der Waals surface area contributed by atoms with E-state index in [-0.39, 0.29) is 0 Å². The Morgan fingerprint density at radius 3 is 2.79 bits per heavy atom. The van der Waals surface area contributed by atoms with Gasteiger partial charge in [0.15, 0.2) is 0 Å². The molecule has 0 bridgehead atoms. The molecule has 0 aromatic carbocycles. The van der Waals surface area contributed by atoms with Gasteiger partial charge in [-0.2, -0.15) is 5.26 Å².